The first-order valence-electron chi connectivity index (χ1n) is 9.60. The fourth-order valence-electron chi connectivity index (χ4n) is 3.75. The third kappa shape index (κ3) is 4.13. The quantitative estimate of drug-likeness (QED) is 0.577. The molecular formula is C22H25NO8. The van der Waals surface area contributed by atoms with E-state index in [0.29, 0.717) is 0 Å². The molecule has 9 heteroatoms. The van der Waals surface area contributed by atoms with Crippen molar-refractivity contribution in [3.63, 3.8) is 0 Å². The van der Waals surface area contributed by atoms with Crippen LogP contribution in [-0.2, 0) is 21.3 Å². The Balaban J connectivity index is 2.26. The van der Waals surface area contributed by atoms with Gasteiger partial charge in [0.1, 0.15) is 35.8 Å². The largest absolute Gasteiger partial charge is 0.464 e. The van der Waals surface area contributed by atoms with Gasteiger partial charge in [-0.2, -0.15) is 0 Å². The second-order valence-electron chi connectivity index (χ2n) is 7.07. The lowest BCUT2D eigenvalue weighted by molar-refractivity contribution is -0.0231. The molecule has 1 aromatic heterocycles. The van der Waals surface area contributed by atoms with Gasteiger partial charge in [-0.05, 0) is 5.56 Å². The molecule has 4 unspecified atom stereocenters. The molecule has 2 heterocycles. The second-order valence-corrected chi connectivity index (χ2v) is 7.07. The average Bonchev–Trinajstić information content (AvgIpc) is 3.24. The number of rotatable bonds is 6. The fourth-order valence-corrected chi connectivity index (χ4v) is 3.75. The van der Waals surface area contributed by atoms with Crippen LogP contribution in [-0.4, -0.2) is 71.0 Å². The van der Waals surface area contributed by atoms with Crippen molar-refractivity contribution in [1.29, 1.82) is 0 Å². The average molecular weight is 431 g/mol. The Bertz CT molecular complexity index is 981. The van der Waals surface area contributed by atoms with Gasteiger partial charge in [-0.15, -0.1) is 0 Å². The third-order valence-electron chi connectivity index (χ3n) is 5.30. The van der Waals surface area contributed by atoms with E-state index in [1.807, 2.05) is 30.3 Å². The van der Waals surface area contributed by atoms with Crippen LogP contribution in [0.25, 0.3) is 12.2 Å². The van der Waals surface area contributed by atoms with Crippen LogP contribution in [0.15, 0.2) is 30.3 Å². The number of benzene rings is 1. The Morgan fingerprint density at radius 1 is 1.03 bits per heavy atom. The highest BCUT2D eigenvalue weighted by atomic mass is 16.6. The minimum absolute atomic E-state index is 0.0366. The van der Waals surface area contributed by atoms with Crippen LogP contribution in [0.3, 0.4) is 0 Å². The molecule has 31 heavy (non-hydrogen) atoms. The molecule has 0 spiro atoms. The lowest BCUT2D eigenvalue weighted by Gasteiger charge is -2.17. The maximum absolute atomic E-state index is 12.6. The van der Waals surface area contributed by atoms with Crippen LogP contribution in [0, 0.1) is 0 Å². The number of hydrogen-bond donors (Lipinski definition) is 3. The van der Waals surface area contributed by atoms with E-state index in [4.69, 9.17) is 14.2 Å². The van der Waals surface area contributed by atoms with Crippen molar-refractivity contribution in [2.45, 2.75) is 24.4 Å². The lowest BCUT2D eigenvalue weighted by Crippen LogP contribution is -2.32. The van der Waals surface area contributed by atoms with Crippen LogP contribution in [0.2, 0.25) is 0 Å². The summed E-state index contributed by atoms with van der Waals surface area (Å²) in [6, 6.07) is 9.26. The zero-order valence-electron chi connectivity index (χ0n) is 17.4. The van der Waals surface area contributed by atoms with Crippen LogP contribution in [0.1, 0.15) is 43.8 Å². The van der Waals surface area contributed by atoms with Crippen LogP contribution in [0.4, 0.5) is 0 Å². The topological polar surface area (TPSA) is 127 Å². The van der Waals surface area contributed by atoms with E-state index in [2.05, 4.69) is 0 Å². The lowest BCUT2D eigenvalue weighted by atomic mass is 9.96. The highest BCUT2D eigenvalue weighted by Gasteiger charge is 2.47. The van der Waals surface area contributed by atoms with Gasteiger partial charge in [0.05, 0.1) is 20.8 Å². The molecule has 9 nitrogen and oxygen atoms in total. The minimum atomic E-state index is -1.45. The molecule has 4 atom stereocenters. The highest BCUT2D eigenvalue weighted by molar-refractivity contribution is 6.00. The number of ether oxygens (including phenoxy) is 3. The van der Waals surface area contributed by atoms with Gasteiger partial charge in [0, 0.05) is 18.2 Å². The number of aliphatic hydroxyl groups excluding tert-OH is 3. The first kappa shape index (κ1) is 22.7. The molecule has 3 rings (SSSR count). The Morgan fingerprint density at radius 3 is 2.19 bits per heavy atom. The van der Waals surface area contributed by atoms with Crippen molar-refractivity contribution in [2.24, 2.45) is 7.05 Å². The summed E-state index contributed by atoms with van der Waals surface area (Å²) in [6.07, 6.45) is -1.74. The van der Waals surface area contributed by atoms with E-state index in [0.717, 1.165) is 5.56 Å². The van der Waals surface area contributed by atoms with Crippen molar-refractivity contribution in [3.05, 3.63) is 58.4 Å². The SMILES string of the molecule is COC(=O)c1c(C=Cc2ccccc2)c(C2OC(CO)C(O)C2O)c(C(=O)OC)n1C. The number of hydrogen-bond acceptors (Lipinski definition) is 8. The molecule has 166 valence electrons. The van der Waals surface area contributed by atoms with Crippen LogP contribution in [0.5, 0.6) is 0 Å². The number of nitrogens with zero attached hydrogens (tertiary/aromatic N) is 1. The molecule has 0 amide bonds. The Morgan fingerprint density at radius 2 is 1.65 bits per heavy atom. The van der Waals surface area contributed by atoms with Gasteiger partial charge < -0.3 is 34.1 Å². The van der Waals surface area contributed by atoms with Gasteiger partial charge in [0.25, 0.3) is 0 Å². The Kier molecular flexibility index (Phi) is 6.91. The summed E-state index contributed by atoms with van der Waals surface area (Å²) in [6.45, 7) is -0.534. The Labute approximate surface area is 179 Å². The first-order chi connectivity index (χ1) is 14.8. The van der Waals surface area contributed by atoms with Crippen molar-refractivity contribution < 1.29 is 39.1 Å². The maximum atomic E-state index is 12.6. The summed E-state index contributed by atoms with van der Waals surface area (Å²) in [4.78, 5) is 25.2. The normalized spacial score (nSPS) is 23.3. The summed E-state index contributed by atoms with van der Waals surface area (Å²) in [5.41, 5.74) is 1.26. The van der Waals surface area contributed by atoms with Gasteiger partial charge in [-0.25, -0.2) is 9.59 Å². The molecule has 3 N–H and O–H groups in total. The molecule has 1 aromatic carbocycles. The summed E-state index contributed by atoms with van der Waals surface area (Å²) >= 11 is 0. The molecule has 1 aliphatic rings. The third-order valence-corrected chi connectivity index (χ3v) is 5.30. The number of aliphatic hydroxyl groups is 3. The minimum Gasteiger partial charge on any atom is -0.464 e. The van der Waals surface area contributed by atoms with E-state index in [9.17, 15) is 24.9 Å². The summed E-state index contributed by atoms with van der Waals surface area (Å²) < 4.78 is 16.8. The zero-order chi connectivity index (χ0) is 22.7. The van der Waals surface area contributed by atoms with Crippen molar-refractivity contribution in [3.8, 4) is 0 Å². The van der Waals surface area contributed by atoms with Crippen LogP contribution >= 0.6 is 0 Å². The maximum Gasteiger partial charge on any atom is 0.355 e. The number of methoxy groups -OCH3 is 2. The number of carbonyl (C=O) groups excluding carboxylic acids is 2. The van der Waals surface area contributed by atoms with Gasteiger partial charge in [0.15, 0.2) is 0 Å². The van der Waals surface area contributed by atoms with Gasteiger partial charge in [-0.3, -0.25) is 0 Å². The van der Waals surface area contributed by atoms with E-state index in [1.165, 1.54) is 25.8 Å². The van der Waals surface area contributed by atoms with E-state index in [1.54, 1.807) is 12.2 Å². The highest BCUT2D eigenvalue weighted by Crippen LogP contribution is 2.40. The number of carbonyl (C=O) groups is 2. The van der Waals surface area contributed by atoms with E-state index < -0.39 is 43.0 Å². The number of aromatic nitrogens is 1. The van der Waals surface area contributed by atoms with Gasteiger partial charge in [-0.1, -0.05) is 42.5 Å². The first-order valence-corrected chi connectivity index (χ1v) is 9.60. The van der Waals surface area contributed by atoms with Crippen molar-refractivity contribution >= 4 is 24.1 Å². The van der Waals surface area contributed by atoms with Gasteiger partial charge in [0.2, 0.25) is 0 Å². The van der Waals surface area contributed by atoms with E-state index in [-0.39, 0.29) is 22.5 Å². The monoisotopic (exact) mass is 431 g/mol. The summed E-state index contributed by atoms with van der Waals surface area (Å²) in [5, 5.41) is 30.3. The van der Waals surface area contributed by atoms with Gasteiger partial charge >= 0.3 is 11.9 Å². The predicted molar refractivity (Wildman–Crippen MR) is 110 cm³/mol. The molecule has 0 saturated carbocycles. The van der Waals surface area contributed by atoms with Crippen LogP contribution < -0.4 is 0 Å². The molecule has 1 fully saturated rings. The van der Waals surface area contributed by atoms with Crippen molar-refractivity contribution in [2.75, 3.05) is 20.8 Å². The molecular weight excluding hydrogens is 406 g/mol. The molecule has 0 bridgehead atoms. The molecule has 0 aliphatic carbocycles. The molecule has 1 saturated heterocycles. The Hall–Kier alpha value is -2.98. The standard InChI is InChI=1S/C22H25NO8/c1-23-16(21(27)29-2)13(10-9-12-7-5-4-6-8-12)15(17(23)22(28)30-3)20-19(26)18(25)14(11-24)31-20/h4-10,14,18-20,24-26H,11H2,1-3H3. The van der Waals surface area contributed by atoms with Crippen molar-refractivity contribution in [1.82, 2.24) is 4.57 Å². The second kappa shape index (κ2) is 9.44. The smallest absolute Gasteiger partial charge is 0.355 e. The molecule has 2 aromatic rings. The number of esters is 2. The molecule has 1 aliphatic heterocycles. The zero-order valence-corrected chi connectivity index (χ0v) is 17.4. The van der Waals surface area contributed by atoms with E-state index >= 15 is 0 Å². The predicted octanol–water partition coefficient (Wildman–Crippen LogP) is 0.923. The molecule has 0 radical (unpaired) electrons. The summed E-state index contributed by atoms with van der Waals surface area (Å²) in [5.74, 6) is -1.47. The summed E-state index contributed by atoms with van der Waals surface area (Å²) in [7, 11) is 3.89. The fraction of sp³-hybridized carbons (Fsp3) is 0.364.